The molecule has 0 amide bonds. The van der Waals surface area contributed by atoms with E-state index < -0.39 is 6.10 Å². The summed E-state index contributed by atoms with van der Waals surface area (Å²) in [6.07, 6.45) is 12.3. The Morgan fingerprint density at radius 1 is 0.875 bits per heavy atom. The third kappa shape index (κ3) is 10.4. The molecule has 0 saturated carbocycles. The summed E-state index contributed by atoms with van der Waals surface area (Å²) < 4.78 is 0. The topological polar surface area (TPSA) is 44.0 Å². The first-order chi connectivity index (χ1) is 7.68. The summed E-state index contributed by atoms with van der Waals surface area (Å²) in [6.45, 7) is 3.96. The molecule has 0 aromatic rings. The van der Waals surface area contributed by atoms with Crippen LogP contribution >= 0.6 is 0 Å². The van der Waals surface area contributed by atoms with Crippen LogP contribution in [0.3, 0.4) is 0 Å². The minimum Gasteiger partial charge on any atom is -0.392 e. The molecule has 0 aliphatic rings. The molecule has 0 aromatic carbocycles. The Hall–Kier alpha value is -0.0800. The first kappa shape index (κ1) is 15.9. The van der Waals surface area contributed by atoms with Crippen LogP contribution in [0.5, 0.6) is 0 Å². The van der Waals surface area contributed by atoms with E-state index in [-0.39, 0.29) is 6.04 Å². The largest absolute Gasteiger partial charge is 0.392 e. The van der Waals surface area contributed by atoms with Gasteiger partial charge < -0.3 is 5.11 Å². The lowest BCUT2D eigenvalue weighted by Gasteiger charge is -2.12. The van der Waals surface area contributed by atoms with E-state index >= 15 is 0 Å². The molecule has 0 heterocycles. The molecular weight excluding hydrogens is 198 g/mol. The molecule has 2 heteroatoms. The molecule has 0 bridgehead atoms. The van der Waals surface area contributed by atoms with Gasteiger partial charge in [0.1, 0.15) is 0 Å². The van der Waals surface area contributed by atoms with Gasteiger partial charge in [0.25, 0.3) is 0 Å². The Labute approximate surface area is 102 Å². The first-order valence-electron chi connectivity index (χ1n) is 7.07. The zero-order valence-electron chi connectivity index (χ0n) is 11.2. The van der Waals surface area contributed by atoms with Crippen LogP contribution in [-0.2, 0) is 0 Å². The Bertz CT molecular complexity index is 137. The van der Waals surface area contributed by atoms with Crippen molar-refractivity contribution >= 4 is 0 Å². The van der Waals surface area contributed by atoms with Crippen molar-refractivity contribution in [2.75, 3.05) is 0 Å². The van der Waals surface area contributed by atoms with Crippen molar-refractivity contribution in [3.05, 3.63) is 0 Å². The van der Waals surface area contributed by atoms with Gasteiger partial charge in [-0.15, -0.1) is 0 Å². The van der Waals surface area contributed by atoms with Crippen LogP contribution in [0, 0.1) is 0 Å². The summed E-state index contributed by atoms with van der Waals surface area (Å²) >= 11 is 0. The zero-order valence-corrected chi connectivity index (χ0v) is 11.2. The molecule has 0 saturated heterocycles. The minimum atomic E-state index is -0.464. The maximum atomic E-state index is 9.16. The van der Waals surface area contributed by atoms with Gasteiger partial charge >= 0.3 is 0 Å². The third-order valence-corrected chi connectivity index (χ3v) is 3.20. The van der Waals surface area contributed by atoms with Gasteiger partial charge in [0.15, 0.2) is 0 Å². The van der Waals surface area contributed by atoms with Crippen molar-refractivity contribution in [1.82, 2.24) is 5.73 Å². The Morgan fingerprint density at radius 3 is 1.75 bits per heavy atom. The Balaban J connectivity index is 3.04. The quantitative estimate of drug-likeness (QED) is 0.535. The molecule has 97 valence electrons. The molecule has 2 atom stereocenters. The van der Waals surface area contributed by atoms with Gasteiger partial charge in [-0.1, -0.05) is 64.7 Å². The van der Waals surface area contributed by atoms with Crippen molar-refractivity contribution < 1.29 is 5.11 Å². The number of rotatable bonds is 11. The number of aliphatic hydroxyl groups excluding tert-OH is 1. The number of nitrogens with one attached hydrogen (secondary N) is 1. The van der Waals surface area contributed by atoms with E-state index in [1.165, 1.54) is 51.4 Å². The summed E-state index contributed by atoms with van der Waals surface area (Å²) in [5, 5.41) is 9.16. The van der Waals surface area contributed by atoms with Gasteiger partial charge in [0.05, 0.1) is 6.10 Å². The van der Waals surface area contributed by atoms with Crippen LogP contribution in [0.25, 0.3) is 0 Å². The van der Waals surface area contributed by atoms with E-state index in [1.807, 2.05) is 0 Å². The van der Waals surface area contributed by atoms with Gasteiger partial charge in [0.2, 0.25) is 0 Å². The maximum absolute atomic E-state index is 9.16. The molecule has 0 aliphatic heterocycles. The molecule has 0 rings (SSSR count). The molecule has 0 aromatic heterocycles. The smallest absolute Gasteiger partial charge is 0.0678 e. The molecule has 2 unspecified atom stereocenters. The molecule has 0 aliphatic carbocycles. The average Bonchev–Trinajstić information content (AvgIpc) is 2.26. The summed E-state index contributed by atoms with van der Waals surface area (Å²) in [7, 11) is 0. The van der Waals surface area contributed by atoms with E-state index in [1.54, 1.807) is 6.92 Å². The molecule has 2 N–H and O–H groups in total. The standard InChI is InChI=1S/C14H30NO/c1-3-4-5-6-7-8-9-10-11-12-14(15)13(2)16/h13-16H,3-12H2,1-2H3. The average molecular weight is 228 g/mol. The number of aliphatic hydroxyl groups is 1. The lowest BCUT2D eigenvalue weighted by molar-refractivity contribution is 0.154. The lowest BCUT2D eigenvalue weighted by atomic mass is 10.0. The van der Waals surface area contributed by atoms with Crippen molar-refractivity contribution in [2.24, 2.45) is 0 Å². The van der Waals surface area contributed by atoms with Crippen LogP contribution in [-0.4, -0.2) is 17.3 Å². The van der Waals surface area contributed by atoms with Gasteiger partial charge in [-0.05, 0) is 13.3 Å². The van der Waals surface area contributed by atoms with E-state index in [0.717, 1.165) is 12.8 Å². The highest BCUT2D eigenvalue weighted by Crippen LogP contribution is 2.11. The number of hydrogen-bond donors (Lipinski definition) is 1. The summed E-state index contributed by atoms with van der Waals surface area (Å²) in [4.78, 5) is 0. The zero-order chi connectivity index (χ0) is 12.2. The highest BCUT2D eigenvalue weighted by Gasteiger charge is 2.08. The van der Waals surface area contributed by atoms with Crippen molar-refractivity contribution in [1.29, 1.82) is 0 Å². The van der Waals surface area contributed by atoms with Crippen molar-refractivity contribution in [2.45, 2.75) is 90.2 Å². The number of hydrogen-bond acceptors (Lipinski definition) is 1. The van der Waals surface area contributed by atoms with Gasteiger partial charge in [0, 0.05) is 6.04 Å². The third-order valence-electron chi connectivity index (χ3n) is 3.20. The first-order valence-corrected chi connectivity index (χ1v) is 7.07. The van der Waals surface area contributed by atoms with Crippen molar-refractivity contribution in [3.63, 3.8) is 0 Å². The fourth-order valence-electron chi connectivity index (χ4n) is 1.92. The van der Waals surface area contributed by atoms with Crippen LogP contribution in [0.1, 0.15) is 78.1 Å². The Morgan fingerprint density at radius 2 is 1.31 bits per heavy atom. The predicted molar refractivity (Wildman–Crippen MR) is 70.4 cm³/mol. The monoisotopic (exact) mass is 228 g/mol. The molecule has 0 fully saturated rings. The second-order valence-electron chi connectivity index (χ2n) is 4.96. The second-order valence-corrected chi connectivity index (χ2v) is 4.96. The van der Waals surface area contributed by atoms with E-state index in [4.69, 9.17) is 10.8 Å². The highest BCUT2D eigenvalue weighted by atomic mass is 16.3. The molecule has 16 heavy (non-hydrogen) atoms. The molecular formula is C14H30NO. The second kappa shape index (κ2) is 11.4. The summed E-state index contributed by atoms with van der Waals surface area (Å²) in [5.41, 5.74) is 7.57. The Kier molecular flexibility index (Phi) is 11.3. The van der Waals surface area contributed by atoms with E-state index in [9.17, 15) is 0 Å². The molecule has 1 radical (unpaired) electrons. The van der Waals surface area contributed by atoms with Crippen LogP contribution < -0.4 is 5.73 Å². The fourth-order valence-corrected chi connectivity index (χ4v) is 1.92. The molecule has 0 spiro atoms. The van der Waals surface area contributed by atoms with E-state index in [0.29, 0.717) is 0 Å². The van der Waals surface area contributed by atoms with Gasteiger partial charge in [-0.25, -0.2) is 0 Å². The maximum Gasteiger partial charge on any atom is 0.0678 e. The summed E-state index contributed by atoms with van der Waals surface area (Å²) in [5.74, 6) is 0. The SMILES string of the molecule is CCCCCCCCCCCC([NH])C(C)O. The minimum absolute atomic E-state index is 0.274. The van der Waals surface area contributed by atoms with Gasteiger partial charge in [-0.2, -0.15) is 0 Å². The van der Waals surface area contributed by atoms with Crippen molar-refractivity contribution in [3.8, 4) is 0 Å². The summed E-state index contributed by atoms with van der Waals surface area (Å²) in [6, 6.07) is -0.274. The molecule has 2 nitrogen and oxygen atoms in total. The highest BCUT2D eigenvalue weighted by molar-refractivity contribution is 4.66. The fraction of sp³-hybridized carbons (Fsp3) is 1.00. The van der Waals surface area contributed by atoms with Gasteiger partial charge in [-0.3, -0.25) is 5.73 Å². The lowest BCUT2D eigenvalue weighted by Crippen LogP contribution is -2.23. The van der Waals surface area contributed by atoms with Crippen LogP contribution in [0.15, 0.2) is 0 Å². The predicted octanol–water partition coefficient (Wildman–Crippen LogP) is 3.94. The number of unbranched alkanes of at least 4 members (excludes halogenated alkanes) is 8. The van der Waals surface area contributed by atoms with Crippen LogP contribution in [0.4, 0.5) is 0 Å². The van der Waals surface area contributed by atoms with E-state index in [2.05, 4.69) is 6.92 Å². The van der Waals surface area contributed by atoms with Crippen LogP contribution in [0.2, 0.25) is 0 Å². The normalized spacial score (nSPS) is 15.0.